The zero-order valence-electron chi connectivity index (χ0n) is 15.6. The Balaban J connectivity index is 1.48. The molecule has 3 aromatic rings. The summed E-state index contributed by atoms with van der Waals surface area (Å²) in [5, 5.41) is 0.686. The molecule has 142 valence electrons. The van der Waals surface area contributed by atoms with Gasteiger partial charge in [0.25, 0.3) is 0 Å². The van der Waals surface area contributed by atoms with Crippen LogP contribution in [0.4, 0.5) is 0 Å². The highest BCUT2D eigenvalue weighted by Crippen LogP contribution is 2.19. The van der Waals surface area contributed by atoms with E-state index in [1.54, 1.807) is 6.08 Å². The van der Waals surface area contributed by atoms with Crippen LogP contribution in [0.1, 0.15) is 22.3 Å². The third-order valence-corrected chi connectivity index (χ3v) is 4.51. The zero-order chi connectivity index (χ0) is 19.8. The van der Waals surface area contributed by atoms with Crippen LogP contribution in [0.15, 0.2) is 78.9 Å². The van der Waals surface area contributed by atoms with E-state index in [0.29, 0.717) is 11.6 Å². The Morgan fingerprint density at radius 1 is 0.929 bits per heavy atom. The van der Waals surface area contributed by atoms with Gasteiger partial charge in [0.05, 0.1) is 0 Å². The molecule has 0 aliphatic carbocycles. The lowest BCUT2D eigenvalue weighted by atomic mass is 10.2. The van der Waals surface area contributed by atoms with Crippen molar-refractivity contribution in [3.63, 3.8) is 0 Å². The highest BCUT2D eigenvalue weighted by atomic mass is 35.5. The van der Waals surface area contributed by atoms with Gasteiger partial charge in [0.2, 0.25) is 0 Å². The number of hydrogen-bond acceptors (Lipinski definition) is 3. The molecule has 0 amide bonds. The Hall–Kier alpha value is -3.04. The number of benzene rings is 3. The van der Waals surface area contributed by atoms with Gasteiger partial charge < -0.3 is 9.47 Å². The lowest BCUT2D eigenvalue weighted by Gasteiger charge is -2.08. The molecule has 0 bridgehead atoms. The maximum atomic E-state index is 11.9. The monoisotopic (exact) mass is 392 g/mol. The smallest absolute Gasteiger partial charge is 0.331 e. The summed E-state index contributed by atoms with van der Waals surface area (Å²) in [6.07, 6.45) is 3.14. The van der Waals surface area contributed by atoms with E-state index in [4.69, 9.17) is 21.1 Å². The lowest BCUT2D eigenvalue weighted by Crippen LogP contribution is -2.00. The minimum absolute atomic E-state index is 0.262. The predicted octanol–water partition coefficient (Wildman–Crippen LogP) is 5.98. The molecule has 0 spiro atoms. The lowest BCUT2D eigenvalue weighted by molar-refractivity contribution is -0.138. The maximum Gasteiger partial charge on any atom is 0.331 e. The summed E-state index contributed by atoms with van der Waals surface area (Å²) in [4.78, 5) is 11.9. The first-order valence-corrected chi connectivity index (χ1v) is 9.34. The second-order valence-corrected chi connectivity index (χ2v) is 6.78. The molecule has 3 nitrogen and oxygen atoms in total. The molecule has 4 heteroatoms. The summed E-state index contributed by atoms with van der Waals surface area (Å²) in [7, 11) is 0. The summed E-state index contributed by atoms with van der Waals surface area (Å²) in [6.45, 7) is 2.68. The van der Waals surface area contributed by atoms with Crippen molar-refractivity contribution < 1.29 is 14.3 Å². The topological polar surface area (TPSA) is 35.5 Å². The minimum Gasteiger partial charge on any atom is -0.489 e. The number of halogens is 1. The number of rotatable bonds is 7. The molecule has 0 aliphatic rings. The van der Waals surface area contributed by atoms with Crippen LogP contribution in [0.25, 0.3) is 6.08 Å². The van der Waals surface area contributed by atoms with Crippen LogP contribution < -0.4 is 4.74 Å². The largest absolute Gasteiger partial charge is 0.489 e. The first-order chi connectivity index (χ1) is 13.6. The number of esters is 1. The maximum absolute atomic E-state index is 11.9. The van der Waals surface area contributed by atoms with E-state index in [9.17, 15) is 4.79 Å². The number of aryl methyl sites for hydroxylation is 1. The van der Waals surface area contributed by atoms with E-state index in [1.807, 2.05) is 79.7 Å². The first-order valence-electron chi connectivity index (χ1n) is 8.97. The van der Waals surface area contributed by atoms with Crippen molar-refractivity contribution in [3.05, 3.63) is 106 Å². The molecule has 0 saturated heterocycles. The van der Waals surface area contributed by atoms with E-state index in [-0.39, 0.29) is 12.6 Å². The number of ether oxygens (including phenoxy) is 2. The van der Waals surface area contributed by atoms with Gasteiger partial charge in [-0.2, -0.15) is 0 Å². The van der Waals surface area contributed by atoms with E-state index >= 15 is 0 Å². The van der Waals surface area contributed by atoms with Gasteiger partial charge in [-0.3, -0.25) is 0 Å². The van der Waals surface area contributed by atoms with Crippen molar-refractivity contribution >= 4 is 23.6 Å². The Kier molecular flexibility index (Phi) is 6.88. The molecule has 0 atom stereocenters. The third-order valence-electron chi connectivity index (χ3n) is 4.15. The van der Waals surface area contributed by atoms with Crippen molar-refractivity contribution in [2.75, 3.05) is 0 Å². The van der Waals surface area contributed by atoms with Gasteiger partial charge >= 0.3 is 5.97 Å². The number of carbonyl (C=O) groups is 1. The Bertz CT molecular complexity index is 944. The van der Waals surface area contributed by atoms with E-state index in [1.165, 1.54) is 11.6 Å². The predicted molar refractivity (Wildman–Crippen MR) is 112 cm³/mol. The molecule has 3 aromatic carbocycles. The van der Waals surface area contributed by atoms with E-state index in [0.717, 1.165) is 22.4 Å². The second kappa shape index (κ2) is 9.77. The highest BCUT2D eigenvalue weighted by Gasteiger charge is 2.01. The summed E-state index contributed by atoms with van der Waals surface area (Å²) in [5.74, 6) is 0.360. The number of carbonyl (C=O) groups excluding carboxylic acids is 1. The van der Waals surface area contributed by atoms with Crippen molar-refractivity contribution in [2.24, 2.45) is 0 Å². The normalized spacial score (nSPS) is 10.8. The Morgan fingerprint density at radius 2 is 1.64 bits per heavy atom. The second-order valence-electron chi connectivity index (χ2n) is 6.38. The van der Waals surface area contributed by atoms with Gasteiger partial charge in [-0.1, -0.05) is 71.8 Å². The van der Waals surface area contributed by atoms with Crippen LogP contribution in [0.3, 0.4) is 0 Å². The first kappa shape index (κ1) is 19.7. The molecule has 0 aliphatic heterocycles. The fourth-order valence-corrected chi connectivity index (χ4v) is 2.69. The summed E-state index contributed by atoms with van der Waals surface area (Å²) in [5.41, 5.74) is 3.96. The average molecular weight is 393 g/mol. The van der Waals surface area contributed by atoms with Crippen LogP contribution in [0, 0.1) is 6.92 Å². The van der Waals surface area contributed by atoms with Gasteiger partial charge in [-0.15, -0.1) is 0 Å². The molecule has 0 radical (unpaired) electrons. The van der Waals surface area contributed by atoms with Gasteiger partial charge in [-0.25, -0.2) is 4.79 Å². The molecule has 28 heavy (non-hydrogen) atoms. The SMILES string of the molecule is Cc1ccc(COC(=O)/C=C/c2ccc(OCc3ccccc3Cl)cc2)cc1. The number of hydrogen-bond donors (Lipinski definition) is 0. The quantitative estimate of drug-likeness (QED) is 0.366. The highest BCUT2D eigenvalue weighted by molar-refractivity contribution is 6.31. The van der Waals surface area contributed by atoms with Gasteiger partial charge in [-0.05, 0) is 42.3 Å². The molecule has 0 heterocycles. The van der Waals surface area contributed by atoms with Gasteiger partial charge in [0.1, 0.15) is 19.0 Å². The van der Waals surface area contributed by atoms with E-state index in [2.05, 4.69) is 0 Å². The molecule has 0 N–H and O–H groups in total. The summed E-state index contributed by atoms with van der Waals surface area (Å²) >= 11 is 6.13. The van der Waals surface area contributed by atoms with Crippen LogP contribution in [0.5, 0.6) is 5.75 Å². The summed E-state index contributed by atoms with van der Waals surface area (Å²) < 4.78 is 11.0. The van der Waals surface area contributed by atoms with Gasteiger partial charge in [0, 0.05) is 16.7 Å². The summed E-state index contributed by atoms with van der Waals surface area (Å²) in [6, 6.07) is 23.0. The van der Waals surface area contributed by atoms with Crippen molar-refractivity contribution in [1.82, 2.24) is 0 Å². The molecular weight excluding hydrogens is 372 g/mol. The fraction of sp³-hybridized carbons (Fsp3) is 0.125. The molecule has 0 saturated carbocycles. The molecule has 0 fully saturated rings. The third kappa shape index (κ3) is 6.00. The van der Waals surface area contributed by atoms with Crippen molar-refractivity contribution in [1.29, 1.82) is 0 Å². The molecule has 0 aromatic heterocycles. The molecule has 0 unspecified atom stereocenters. The van der Waals surface area contributed by atoms with Crippen molar-refractivity contribution in [2.45, 2.75) is 20.1 Å². The minimum atomic E-state index is -0.375. The van der Waals surface area contributed by atoms with Crippen LogP contribution >= 0.6 is 11.6 Å². The Morgan fingerprint density at radius 3 is 2.36 bits per heavy atom. The van der Waals surface area contributed by atoms with Crippen molar-refractivity contribution in [3.8, 4) is 5.75 Å². The van der Waals surface area contributed by atoms with Crippen LogP contribution in [-0.4, -0.2) is 5.97 Å². The van der Waals surface area contributed by atoms with Crippen LogP contribution in [0.2, 0.25) is 5.02 Å². The molecular formula is C24H21ClO3. The molecule has 3 rings (SSSR count). The van der Waals surface area contributed by atoms with Gasteiger partial charge in [0.15, 0.2) is 0 Å². The van der Waals surface area contributed by atoms with Crippen LogP contribution in [-0.2, 0) is 22.7 Å². The van der Waals surface area contributed by atoms with E-state index < -0.39 is 0 Å². The average Bonchev–Trinajstić information content (AvgIpc) is 2.72. The Labute approximate surface area is 170 Å². The zero-order valence-corrected chi connectivity index (χ0v) is 16.4. The fourth-order valence-electron chi connectivity index (χ4n) is 2.50. The standard InChI is InChI=1S/C24H21ClO3/c1-18-6-8-20(9-7-18)16-28-24(26)15-12-19-10-13-22(14-11-19)27-17-21-4-2-3-5-23(21)25/h2-15H,16-17H2,1H3/b15-12+.